The van der Waals surface area contributed by atoms with Gasteiger partial charge >= 0.3 is 0 Å². The average molecular weight is 304 g/mol. The maximum Gasteiger partial charge on any atom is 0.249 e. The van der Waals surface area contributed by atoms with Crippen molar-refractivity contribution in [2.75, 3.05) is 12.3 Å². The molecule has 2 heterocycles. The van der Waals surface area contributed by atoms with Crippen LogP contribution in [0.5, 0.6) is 0 Å². The van der Waals surface area contributed by atoms with Crippen LogP contribution in [-0.4, -0.2) is 41.0 Å². The number of hydrogen-bond donors (Lipinski definition) is 1. The van der Waals surface area contributed by atoms with Crippen molar-refractivity contribution in [2.45, 2.75) is 30.2 Å². The van der Waals surface area contributed by atoms with Crippen LogP contribution in [0.3, 0.4) is 0 Å². The smallest absolute Gasteiger partial charge is 0.249 e. The number of carbonyl (C=O) groups is 3. The van der Waals surface area contributed by atoms with Gasteiger partial charge in [0.2, 0.25) is 17.7 Å². The van der Waals surface area contributed by atoms with Crippen molar-refractivity contribution in [2.24, 2.45) is 0 Å². The van der Waals surface area contributed by atoms with E-state index in [2.05, 4.69) is 5.32 Å². The van der Waals surface area contributed by atoms with Gasteiger partial charge in [-0.1, -0.05) is 25.1 Å². The van der Waals surface area contributed by atoms with Gasteiger partial charge in [-0.25, -0.2) is 0 Å². The fourth-order valence-electron chi connectivity index (χ4n) is 2.87. The molecule has 0 bridgehead atoms. The highest BCUT2D eigenvalue weighted by Crippen LogP contribution is 2.40. The van der Waals surface area contributed by atoms with E-state index < -0.39 is 11.9 Å². The van der Waals surface area contributed by atoms with Crippen LogP contribution >= 0.6 is 11.8 Å². The van der Waals surface area contributed by atoms with Crippen LogP contribution in [0.1, 0.15) is 24.8 Å². The van der Waals surface area contributed by atoms with Crippen LogP contribution in [0.4, 0.5) is 0 Å². The first-order chi connectivity index (χ1) is 10.1. The first kappa shape index (κ1) is 14.1. The summed E-state index contributed by atoms with van der Waals surface area (Å²) < 4.78 is 0. The van der Waals surface area contributed by atoms with Crippen molar-refractivity contribution >= 4 is 29.5 Å². The zero-order chi connectivity index (χ0) is 15.0. The third kappa shape index (κ3) is 2.44. The maximum atomic E-state index is 12.8. The molecule has 1 N–H and O–H groups in total. The highest BCUT2D eigenvalue weighted by atomic mass is 32.2. The molecule has 0 saturated carbocycles. The number of hydrogen-bond acceptors (Lipinski definition) is 4. The molecule has 1 saturated heterocycles. The van der Waals surface area contributed by atoms with Gasteiger partial charge in [0, 0.05) is 10.6 Å². The largest absolute Gasteiger partial charge is 0.321 e. The lowest BCUT2D eigenvalue weighted by Crippen LogP contribution is -2.60. The van der Waals surface area contributed by atoms with E-state index >= 15 is 0 Å². The fraction of sp³-hybridized carbons (Fsp3) is 0.400. The first-order valence-corrected chi connectivity index (χ1v) is 7.96. The summed E-state index contributed by atoms with van der Waals surface area (Å²) >= 11 is 1.65. The van der Waals surface area contributed by atoms with E-state index in [0.717, 1.165) is 10.5 Å². The molecule has 2 aliphatic rings. The van der Waals surface area contributed by atoms with Crippen LogP contribution in [0.25, 0.3) is 0 Å². The normalized spacial score (nSPS) is 24.7. The Bertz CT molecular complexity index is 617. The molecule has 3 rings (SSSR count). The standard InChI is InChI=1S/C15H16N2O3S/c1-2-11-14(19)16-13(18)7-17(11)15(20)10-8-21-12-6-4-3-5-9(10)12/h3-6,10-11H,2,7-8H2,1H3,(H,16,18,19). The van der Waals surface area contributed by atoms with Gasteiger partial charge < -0.3 is 4.90 Å². The van der Waals surface area contributed by atoms with Crippen LogP contribution in [0.15, 0.2) is 29.2 Å². The summed E-state index contributed by atoms with van der Waals surface area (Å²) in [6.45, 7) is 1.81. The van der Waals surface area contributed by atoms with Gasteiger partial charge in [-0.3, -0.25) is 19.7 Å². The molecule has 2 atom stereocenters. The molecule has 21 heavy (non-hydrogen) atoms. The Kier molecular flexibility index (Phi) is 3.71. The molecule has 5 nitrogen and oxygen atoms in total. The highest BCUT2D eigenvalue weighted by Gasteiger charge is 2.40. The summed E-state index contributed by atoms with van der Waals surface area (Å²) in [7, 11) is 0. The molecule has 1 aromatic carbocycles. The number of rotatable bonds is 2. The zero-order valence-electron chi connectivity index (χ0n) is 11.7. The van der Waals surface area contributed by atoms with Crippen molar-refractivity contribution in [1.29, 1.82) is 0 Å². The average Bonchev–Trinajstić information content (AvgIpc) is 2.89. The van der Waals surface area contributed by atoms with Gasteiger partial charge in [-0.05, 0) is 18.1 Å². The van der Waals surface area contributed by atoms with Crippen molar-refractivity contribution in [3.63, 3.8) is 0 Å². The van der Waals surface area contributed by atoms with Gasteiger partial charge in [0.05, 0.1) is 5.92 Å². The van der Waals surface area contributed by atoms with E-state index in [1.807, 2.05) is 31.2 Å². The van der Waals surface area contributed by atoms with E-state index in [1.54, 1.807) is 11.8 Å². The SMILES string of the molecule is CCC1C(=O)NC(=O)CN1C(=O)C1CSc2ccccc21. The summed E-state index contributed by atoms with van der Waals surface area (Å²) in [5, 5.41) is 2.30. The van der Waals surface area contributed by atoms with Crippen LogP contribution < -0.4 is 5.32 Å². The summed E-state index contributed by atoms with van der Waals surface area (Å²) in [4.78, 5) is 38.8. The molecule has 2 unspecified atom stereocenters. The third-order valence-corrected chi connectivity index (χ3v) is 5.11. The minimum atomic E-state index is -0.548. The Morgan fingerprint density at radius 2 is 2.14 bits per heavy atom. The number of piperazine rings is 1. The van der Waals surface area contributed by atoms with Crippen molar-refractivity contribution < 1.29 is 14.4 Å². The summed E-state index contributed by atoms with van der Waals surface area (Å²) in [6, 6.07) is 7.26. The van der Waals surface area contributed by atoms with Gasteiger partial charge in [0.15, 0.2) is 0 Å². The molecular formula is C15H16N2O3S. The van der Waals surface area contributed by atoms with Gasteiger partial charge in [0.1, 0.15) is 12.6 Å². The van der Waals surface area contributed by atoms with Crippen molar-refractivity contribution in [3.8, 4) is 0 Å². The predicted molar refractivity (Wildman–Crippen MR) is 78.8 cm³/mol. The van der Waals surface area contributed by atoms with Gasteiger partial charge in [-0.15, -0.1) is 11.8 Å². The minimum Gasteiger partial charge on any atom is -0.321 e. The fourth-order valence-corrected chi connectivity index (χ4v) is 4.09. The van der Waals surface area contributed by atoms with E-state index in [0.29, 0.717) is 12.2 Å². The summed E-state index contributed by atoms with van der Waals surface area (Å²) in [5.41, 5.74) is 1.00. The maximum absolute atomic E-state index is 12.8. The second-order valence-corrected chi connectivity index (χ2v) is 6.27. The lowest BCUT2D eigenvalue weighted by atomic mass is 9.97. The first-order valence-electron chi connectivity index (χ1n) is 6.97. The molecule has 2 aliphatic heterocycles. The van der Waals surface area contributed by atoms with E-state index in [-0.39, 0.29) is 24.3 Å². The Hall–Kier alpha value is -1.82. The quantitative estimate of drug-likeness (QED) is 0.832. The van der Waals surface area contributed by atoms with Crippen molar-refractivity contribution in [1.82, 2.24) is 10.2 Å². The second kappa shape index (κ2) is 5.52. The molecule has 0 aliphatic carbocycles. The van der Waals surface area contributed by atoms with Gasteiger partial charge in [0.25, 0.3) is 0 Å². The molecule has 1 fully saturated rings. The topological polar surface area (TPSA) is 66.5 Å². The molecule has 0 aromatic heterocycles. The molecular weight excluding hydrogens is 288 g/mol. The minimum absolute atomic E-state index is 0.0353. The molecule has 1 aromatic rings. The lowest BCUT2D eigenvalue weighted by Gasteiger charge is -2.35. The summed E-state index contributed by atoms with van der Waals surface area (Å²) in [6.07, 6.45) is 0.506. The Labute approximate surface area is 127 Å². The number of benzene rings is 1. The number of imide groups is 1. The lowest BCUT2D eigenvalue weighted by molar-refractivity contribution is -0.150. The van der Waals surface area contributed by atoms with E-state index in [1.165, 1.54) is 4.90 Å². The monoisotopic (exact) mass is 304 g/mol. The highest BCUT2D eigenvalue weighted by molar-refractivity contribution is 7.99. The molecule has 0 radical (unpaired) electrons. The van der Waals surface area contributed by atoms with E-state index in [9.17, 15) is 14.4 Å². The van der Waals surface area contributed by atoms with E-state index in [4.69, 9.17) is 0 Å². The molecule has 3 amide bonds. The third-order valence-electron chi connectivity index (χ3n) is 3.92. The molecule has 6 heteroatoms. The van der Waals surface area contributed by atoms with Crippen LogP contribution in [0.2, 0.25) is 0 Å². The number of carbonyl (C=O) groups excluding carboxylic acids is 3. The molecule has 110 valence electrons. The number of nitrogens with one attached hydrogen (secondary N) is 1. The number of nitrogens with zero attached hydrogens (tertiary/aromatic N) is 1. The van der Waals surface area contributed by atoms with Gasteiger partial charge in [-0.2, -0.15) is 0 Å². The number of fused-ring (bicyclic) bond motifs is 1. The van der Waals surface area contributed by atoms with Crippen LogP contribution in [-0.2, 0) is 14.4 Å². The second-order valence-electron chi connectivity index (χ2n) is 5.20. The van der Waals surface area contributed by atoms with Crippen molar-refractivity contribution in [3.05, 3.63) is 29.8 Å². The number of amides is 3. The number of thioether (sulfide) groups is 1. The Morgan fingerprint density at radius 1 is 1.38 bits per heavy atom. The van der Waals surface area contributed by atoms with Crippen LogP contribution in [0, 0.1) is 0 Å². The Balaban J connectivity index is 1.88. The Morgan fingerprint density at radius 3 is 2.90 bits per heavy atom. The predicted octanol–water partition coefficient (Wildman–Crippen LogP) is 1.14. The molecule has 0 spiro atoms. The summed E-state index contributed by atoms with van der Waals surface area (Å²) in [5.74, 6) is -0.500. The zero-order valence-corrected chi connectivity index (χ0v) is 12.5.